The van der Waals surface area contributed by atoms with Crippen LogP contribution in [0.3, 0.4) is 0 Å². The summed E-state index contributed by atoms with van der Waals surface area (Å²) in [4.78, 5) is 27.0. The average Bonchev–Trinajstić information content (AvgIpc) is 3.13. The summed E-state index contributed by atoms with van der Waals surface area (Å²) in [5.74, 6) is 0.564. The van der Waals surface area contributed by atoms with Gasteiger partial charge in [0, 0.05) is 68.1 Å². The number of anilines is 1. The monoisotopic (exact) mass is 504 g/mol. The van der Waals surface area contributed by atoms with Gasteiger partial charge in [0.15, 0.2) is 0 Å². The molecule has 0 bridgehead atoms. The molecule has 1 saturated heterocycles. The van der Waals surface area contributed by atoms with Crippen molar-refractivity contribution in [2.24, 2.45) is 7.05 Å². The number of fused-ring (bicyclic) bond motifs is 3. The smallest absolute Gasteiger partial charge is 0.329 e. The summed E-state index contributed by atoms with van der Waals surface area (Å²) < 4.78 is 24.2. The van der Waals surface area contributed by atoms with Crippen LogP contribution in [0.2, 0.25) is 0 Å². The van der Waals surface area contributed by atoms with Gasteiger partial charge in [0.1, 0.15) is 11.6 Å². The van der Waals surface area contributed by atoms with Crippen LogP contribution in [0.25, 0.3) is 33.1 Å². The average molecular weight is 505 g/mol. The van der Waals surface area contributed by atoms with Crippen LogP contribution in [0, 0.1) is 5.82 Å². The van der Waals surface area contributed by atoms with Crippen LogP contribution in [0.15, 0.2) is 41.5 Å². The Morgan fingerprint density at radius 2 is 1.84 bits per heavy atom. The molecule has 194 valence electrons. The van der Waals surface area contributed by atoms with Crippen LogP contribution in [0.5, 0.6) is 0 Å². The van der Waals surface area contributed by atoms with Gasteiger partial charge in [-0.15, -0.1) is 0 Å². The lowest BCUT2D eigenvalue weighted by Gasteiger charge is -2.35. The first-order valence-electron chi connectivity index (χ1n) is 13.0. The number of rotatable bonds is 5. The summed E-state index contributed by atoms with van der Waals surface area (Å²) in [5, 5.41) is 0.766. The van der Waals surface area contributed by atoms with E-state index < -0.39 is 0 Å². The second kappa shape index (κ2) is 9.22. The van der Waals surface area contributed by atoms with Crippen LogP contribution in [0.1, 0.15) is 31.7 Å². The minimum absolute atomic E-state index is 0.0536. The molecule has 0 unspecified atom stereocenters. The highest BCUT2D eigenvalue weighted by Crippen LogP contribution is 2.38. The fraction of sp³-hybridized carbons (Fsp3) is 0.464. The number of imidazole rings is 1. The predicted molar refractivity (Wildman–Crippen MR) is 144 cm³/mol. The molecule has 9 heteroatoms. The normalized spacial score (nSPS) is 20.8. The molecule has 3 aromatic heterocycles. The van der Waals surface area contributed by atoms with Crippen molar-refractivity contribution < 1.29 is 9.13 Å². The third-order valence-corrected chi connectivity index (χ3v) is 8.35. The van der Waals surface area contributed by atoms with Gasteiger partial charge in [0.05, 0.1) is 28.9 Å². The first kappa shape index (κ1) is 24.1. The third kappa shape index (κ3) is 4.01. The van der Waals surface area contributed by atoms with Gasteiger partial charge in [0.2, 0.25) is 0 Å². The molecule has 1 aromatic carbocycles. The van der Waals surface area contributed by atoms with E-state index in [4.69, 9.17) is 9.72 Å². The van der Waals surface area contributed by atoms with E-state index in [1.165, 1.54) is 6.07 Å². The molecule has 2 fully saturated rings. The summed E-state index contributed by atoms with van der Waals surface area (Å²) in [7, 11) is 7.72. The quantitative estimate of drug-likeness (QED) is 0.410. The van der Waals surface area contributed by atoms with E-state index in [-0.39, 0.29) is 23.7 Å². The van der Waals surface area contributed by atoms with Gasteiger partial charge in [-0.05, 0) is 58.0 Å². The standard InChI is InChI=1S/C28H33FN6O2/c1-32(2)18-7-9-34(10-8-18)26-6-5-17(15-31-26)21-13-22-24(14-23(21)29)30-16-25-27(22)35(28(36)33(25)3)19-11-20(12-19)37-4/h5-6,13-16,18-20H,7-12H2,1-4H3/t19-,20+. The molecule has 1 aliphatic heterocycles. The fourth-order valence-corrected chi connectivity index (χ4v) is 5.89. The Balaban J connectivity index is 1.38. The predicted octanol–water partition coefficient (Wildman–Crippen LogP) is 3.97. The topological polar surface area (TPSA) is 68.4 Å². The number of halogens is 1. The molecular formula is C28H33FN6O2. The maximum Gasteiger partial charge on any atom is 0.329 e. The van der Waals surface area contributed by atoms with Crippen molar-refractivity contribution in [1.82, 2.24) is 24.0 Å². The summed E-state index contributed by atoms with van der Waals surface area (Å²) in [5.41, 5.74) is 3.15. The number of aryl methyl sites for hydroxylation is 1. The van der Waals surface area contributed by atoms with E-state index in [1.54, 1.807) is 31.1 Å². The molecule has 1 saturated carbocycles. The first-order valence-corrected chi connectivity index (χ1v) is 13.0. The van der Waals surface area contributed by atoms with Crippen LogP contribution >= 0.6 is 0 Å². The van der Waals surface area contributed by atoms with Crippen molar-refractivity contribution in [3.8, 4) is 11.1 Å². The van der Waals surface area contributed by atoms with Crippen molar-refractivity contribution in [3.63, 3.8) is 0 Å². The summed E-state index contributed by atoms with van der Waals surface area (Å²) >= 11 is 0. The lowest BCUT2D eigenvalue weighted by Crippen LogP contribution is -2.42. The SMILES string of the molecule is CO[C@H]1C[C@@H](n2c(=O)n(C)c3cnc4cc(F)c(-c5ccc(N6CCC(N(C)C)CC6)nc5)cc4c32)C1. The molecule has 0 radical (unpaired) electrons. The number of aromatic nitrogens is 4. The Hall–Kier alpha value is -3.30. The summed E-state index contributed by atoms with van der Waals surface area (Å²) in [6.07, 6.45) is 7.34. The van der Waals surface area contributed by atoms with E-state index in [9.17, 15) is 4.79 Å². The number of nitrogens with zero attached hydrogens (tertiary/aromatic N) is 6. The molecule has 6 rings (SSSR count). The number of methoxy groups -OCH3 is 1. The molecule has 0 atom stereocenters. The highest BCUT2D eigenvalue weighted by molar-refractivity contribution is 6.04. The molecule has 0 amide bonds. The molecule has 0 N–H and O–H groups in total. The van der Waals surface area contributed by atoms with Gasteiger partial charge in [-0.2, -0.15) is 0 Å². The maximum absolute atomic E-state index is 15.3. The molecule has 37 heavy (non-hydrogen) atoms. The zero-order chi connectivity index (χ0) is 25.8. The van der Waals surface area contributed by atoms with Gasteiger partial charge in [-0.25, -0.2) is 14.2 Å². The number of benzene rings is 1. The Morgan fingerprint density at radius 3 is 2.49 bits per heavy atom. The molecule has 2 aliphatic rings. The second-order valence-electron chi connectivity index (χ2n) is 10.6. The lowest BCUT2D eigenvalue weighted by atomic mass is 9.89. The van der Waals surface area contributed by atoms with Gasteiger partial charge < -0.3 is 14.5 Å². The largest absolute Gasteiger partial charge is 0.381 e. The zero-order valence-electron chi connectivity index (χ0n) is 21.8. The number of piperidine rings is 1. The van der Waals surface area contributed by atoms with Crippen molar-refractivity contribution in [1.29, 1.82) is 0 Å². The van der Waals surface area contributed by atoms with Crippen molar-refractivity contribution in [2.75, 3.05) is 39.2 Å². The van der Waals surface area contributed by atoms with Crippen molar-refractivity contribution >= 4 is 27.8 Å². The molecule has 4 aromatic rings. The van der Waals surface area contributed by atoms with Gasteiger partial charge in [0.25, 0.3) is 0 Å². The van der Waals surface area contributed by atoms with E-state index in [2.05, 4.69) is 28.9 Å². The number of pyridine rings is 2. The Bertz CT molecular complexity index is 1510. The summed E-state index contributed by atoms with van der Waals surface area (Å²) in [6, 6.07) is 7.85. The van der Waals surface area contributed by atoms with Crippen LogP contribution in [0.4, 0.5) is 10.2 Å². The van der Waals surface area contributed by atoms with Crippen molar-refractivity contribution in [3.05, 3.63) is 53.0 Å². The molecule has 1 aliphatic carbocycles. The minimum atomic E-state index is -0.353. The maximum atomic E-state index is 15.3. The number of hydrogen-bond acceptors (Lipinski definition) is 6. The highest BCUT2D eigenvalue weighted by Gasteiger charge is 2.34. The summed E-state index contributed by atoms with van der Waals surface area (Å²) in [6.45, 7) is 1.92. The van der Waals surface area contributed by atoms with E-state index >= 15 is 4.39 Å². The minimum Gasteiger partial charge on any atom is -0.381 e. The van der Waals surface area contributed by atoms with Gasteiger partial charge in [-0.3, -0.25) is 14.1 Å². The third-order valence-electron chi connectivity index (χ3n) is 8.35. The van der Waals surface area contributed by atoms with E-state index in [0.717, 1.165) is 61.0 Å². The lowest BCUT2D eigenvalue weighted by molar-refractivity contribution is 0.00635. The second-order valence-corrected chi connectivity index (χ2v) is 10.6. The van der Waals surface area contributed by atoms with Crippen molar-refractivity contribution in [2.45, 2.75) is 43.9 Å². The van der Waals surface area contributed by atoms with E-state index in [0.29, 0.717) is 22.7 Å². The molecule has 4 heterocycles. The zero-order valence-corrected chi connectivity index (χ0v) is 21.8. The Morgan fingerprint density at radius 1 is 1.08 bits per heavy atom. The van der Waals surface area contributed by atoms with Crippen LogP contribution in [-0.2, 0) is 11.8 Å². The van der Waals surface area contributed by atoms with Gasteiger partial charge in [-0.1, -0.05) is 0 Å². The van der Waals surface area contributed by atoms with E-state index in [1.807, 2.05) is 22.8 Å². The highest BCUT2D eigenvalue weighted by atomic mass is 19.1. The Labute approximate surface area is 215 Å². The first-order chi connectivity index (χ1) is 17.9. The Kier molecular flexibility index (Phi) is 6.00. The molecule has 8 nitrogen and oxygen atoms in total. The fourth-order valence-electron chi connectivity index (χ4n) is 5.89. The number of ether oxygens (including phenoxy) is 1. The number of hydrogen-bond donors (Lipinski definition) is 0. The van der Waals surface area contributed by atoms with Crippen LogP contribution < -0.4 is 10.6 Å². The van der Waals surface area contributed by atoms with Gasteiger partial charge >= 0.3 is 5.69 Å². The van der Waals surface area contributed by atoms with Crippen LogP contribution in [-0.4, -0.2) is 70.4 Å². The molecular weight excluding hydrogens is 471 g/mol. The molecule has 0 spiro atoms.